The second-order valence-electron chi connectivity index (χ2n) is 6.17. The number of carbonyl (C=O) groups excluding carboxylic acids is 1. The fourth-order valence-corrected chi connectivity index (χ4v) is 4.88. The molecule has 1 amide bonds. The number of rotatable bonds is 5. The molecule has 142 valence electrons. The summed E-state index contributed by atoms with van der Waals surface area (Å²) in [6.45, 7) is 0.0974. The van der Waals surface area contributed by atoms with Crippen LogP contribution in [0.1, 0.15) is 21.3 Å². The van der Waals surface area contributed by atoms with Gasteiger partial charge in [0.1, 0.15) is 11.5 Å². The van der Waals surface area contributed by atoms with Crippen LogP contribution in [0.4, 0.5) is 4.39 Å². The van der Waals surface area contributed by atoms with Crippen molar-refractivity contribution >= 4 is 44.2 Å². The number of aromatic nitrogens is 2. The number of hydrogen-bond donors (Lipinski definition) is 3. The first-order valence-corrected chi connectivity index (χ1v) is 10.2. The van der Waals surface area contributed by atoms with E-state index in [0.29, 0.717) is 10.4 Å². The number of pyridine rings is 1. The molecule has 1 atom stereocenters. The number of H-pyrrole nitrogens is 1. The third kappa shape index (κ3) is 3.46. The predicted molar refractivity (Wildman–Crippen MR) is 113 cm³/mol. The number of thiophene rings is 1. The van der Waals surface area contributed by atoms with Gasteiger partial charge in [0.05, 0.1) is 15.8 Å². The Bertz CT molecular complexity index is 1160. The minimum atomic E-state index is -0.602. The molecular formula is C20H16BrFN4OS. The van der Waals surface area contributed by atoms with Crippen molar-refractivity contribution in [2.24, 2.45) is 5.73 Å². The topological polar surface area (TPSA) is 83.8 Å². The average Bonchev–Trinajstić information content (AvgIpc) is 3.30. The molecule has 0 radical (unpaired) electrons. The number of nitrogens with two attached hydrogens (primary N) is 1. The van der Waals surface area contributed by atoms with Crippen LogP contribution >= 0.6 is 27.3 Å². The minimum Gasteiger partial charge on any atom is -0.345 e. The first-order chi connectivity index (χ1) is 13.6. The molecule has 3 heterocycles. The van der Waals surface area contributed by atoms with Crippen molar-refractivity contribution in [3.8, 4) is 10.4 Å². The smallest absolute Gasteiger partial charge is 0.261 e. The van der Waals surface area contributed by atoms with Crippen LogP contribution in [0, 0.1) is 5.82 Å². The Labute approximate surface area is 172 Å². The molecule has 0 aliphatic rings. The molecule has 1 aromatic carbocycles. The number of hydrogen-bond acceptors (Lipinski definition) is 4. The number of benzene rings is 1. The number of fused-ring (bicyclic) bond motifs is 1. The Hall–Kier alpha value is -2.55. The first-order valence-electron chi connectivity index (χ1n) is 8.55. The van der Waals surface area contributed by atoms with Crippen LogP contribution in [0.5, 0.6) is 0 Å². The number of halogens is 2. The van der Waals surface area contributed by atoms with E-state index in [1.807, 2.05) is 18.3 Å². The van der Waals surface area contributed by atoms with Crippen molar-refractivity contribution in [1.82, 2.24) is 15.3 Å². The van der Waals surface area contributed by atoms with Crippen LogP contribution in [-0.2, 0) is 0 Å². The zero-order chi connectivity index (χ0) is 19.7. The summed E-state index contributed by atoms with van der Waals surface area (Å²) < 4.78 is 14.9. The lowest BCUT2D eigenvalue weighted by Gasteiger charge is -2.17. The normalized spacial score (nSPS) is 12.2. The van der Waals surface area contributed by atoms with Crippen LogP contribution in [0.15, 0.2) is 59.3 Å². The molecule has 0 bridgehead atoms. The number of aromatic amines is 1. The van der Waals surface area contributed by atoms with E-state index in [1.54, 1.807) is 30.5 Å². The highest BCUT2D eigenvalue weighted by Gasteiger charge is 2.21. The van der Waals surface area contributed by atoms with Crippen LogP contribution in [-0.4, -0.2) is 22.4 Å². The third-order valence-corrected chi connectivity index (χ3v) is 6.48. The Balaban J connectivity index is 1.63. The summed E-state index contributed by atoms with van der Waals surface area (Å²) in [5.74, 6) is -0.689. The molecule has 0 fully saturated rings. The first kappa shape index (κ1) is 18.8. The molecule has 4 N–H and O–H groups in total. The van der Waals surface area contributed by atoms with Crippen molar-refractivity contribution in [3.63, 3.8) is 0 Å². The van der Waals surface area contributed by atoms with Gasteiger partial charge in [0, 0.05) is 39.9 Å². The molecule has 0 aliphatic heterocycles. The van der Waals surface area contributed by atoms with E-state index in [2.05, 4.69) is 31.2 Å². The maximum absolute atomic E-state index is 14.1. The predicted octanol–water partition coefficient (Wildman–Crippen LogP) is 4.62. The van der Waals surface area contributed by atoms with Crippen molar-refractivity contribution in [1.29, 1.82) is 0 Å². The maximum atomic E-state index is 14.1. The Morgan fingerprint density at radius 2 is 2.14 bits per heavy atom. The Morgan fingerprint density at radius 1 is 1.32 bits per heavy atom. The Kier molecular flexibility index (Phi) is 5.25. The summed E-state index contributed by atoms with van der Waals surface area (Å²) >= 11 is 4.89. The van der Waals surface area contributed by atoms with Crippen molar-refractivity contribution in [3.05, 3.63) is 75.6 Å². The molecule has 4 rings (SSSR count). The standard InChI is InChI=1S/C20H16BrFN4OS/c21-14-8-17(20(27)26-16(9-23)12-4-1-2-6-15(12)22)28-18(14)13-10-25-19-11(13)5-3-7-24-19/h1-8,10,16H,9,23H2,(H,24,25)(H,26,27). The maximum Gasteiger partial charge on any atom is 0.261 e. The van der Waals surface area contributed by atoms with Gasteiger partial charge in [0.2, 0.25) is 0 Å². The van der Waals surface area contributed by atoms with Gasteiger partial charge in [-0.1, -0.05) is 18.2 Å². The molecule has 1 unspecified atom stereocenters. The number of amides is 1. The van der Waals surface area contributed by atoms with Gasteiger partial charge in [0.15, 0.2) is 0 Å². The Morgan fingerprint density at radius 3 is 2.93 bits per heavy atom. The minimum absolute atomic E-state index is 0.0974. The zero-order valence-electron chi connectivity index (χ0n) is 14.6. The van der Waals surface area contributed by atoms with Gasteiger partial charge in [-0.25, -0.2) is 9.37 Å². The second-order valence-corrected chi connectivity index (χ2v) is 8.08. The summed E-state index contributed by atoms with van der Waals surface area (Å²) in [6.07, 6.45) is 3.60. The summed E-state index contributed by atoms with van der Waals surface area (Å²) in [5.41, 5.74) is 7.89. The highest BCUT2D eigenvalue weighted by molar-refractivity contribution is 9.10. The van der Waals surface area contributed by atoms with Gasteiger partial charge in [-0.15, -0.1) is 11.3 Å². The molecule has 0 saturated heterocycles. The summed E-state index contributed by atoms with van der Waals surface area (Å²) in [6, 6.07) is 11.3. The van der Waals surface area contributed by atoms with Crippen LogP contribution in [0.2, 0.25) is 0 Å². The zero-order valence-corrected chi connectivity index (χ0v) is 17.0. The third-order valence-electron chi connectivity index (χ3n) is 4.43. The van der Waals surface area contributed by atoms with Gasteiger partial charge in [-0.3, -0.25) is 4.79 Å². The lowest BCUT2D eigenvalue weighted by molar-refractivity contribution is 0.0941. The molecule has 5 nitrogen and oxygen atoms in total. The monoisotopic (exact) mass is 458 g/mol. The number of nitrogens with one attached hydrogen (secondary N) is 2. The molecule has 28 heavy (non-hydrogen) atoms. The lowest BCUT2D eigenvalue weighted by atomic mass is 10.1. The van der Waals surface area contributed by atoms with Gasteiger partial charge < -0.3 is 16.0 Å². The number of carbonyl (C=O) groups is 1. The second kappa shape index (κ2) is 7.83. The van der Waals surface area contributed by atoms with E-state index in [-0.39, 0.29) is 12.5 Å². The summed E-state index contributed by atoms with van der Waals surface area (Å²) in [7, 11) is 0. The fraction of sp³-hybridized carbons (Fsp3) is 0.100. The summed E-state index contributed by atoms with van der Waals surface area (Å²) in [4.78, 5) is 21.6. The van der Waals surface area contributed by atoms with Crippen LogP contribution < -0.4 is 11.1 Å². The van der Waals surface area contributed by atoms with Crippen LogP contribution in [0.3, 0.4) is 0 Å². The van der Waals surface area contributed by atoms with E-state index in [9.17, 15) is 9.18 Å². The fourth-order valence-electron chi connectivity index (χ4n) is 3.06. The van der Waals surface area contributed by atoms with Crippen molar-refractivity contribution in [2.45, 2.75) is 6.04 Å². The molecule has 8 heteroatoms. The van der Waals surface area contributed by atoms with Gasteiger partial charge in [-0.05, 0) is 40.2 Å². The van der Waals surface area contributed by atoms with E-state index in [0.717, 1.165) is 25.9 Å². The molecule has 0 aliphatic carbocycles. The molecule has 4 aromatic rings. The van der Waals surface area contributed by atoms with Crippen LogP contribution in [0.25, 0.3) is 21.5 Å². The molecule has 3 aromatic heterocycles. The SMILES string of the molecule is NCC(NC(=O)c1cc(Br)c(-c2c[nH]c3ncccc23)s1)c1ccccc1F. The van der Waals surface area contributed by atoms with Crippen molar-refractivity contribution < 1.29 is 9.18 Å². The van der Waals surface area contributed by atoms with Gasteiger partial charge >= 0.3 is 0 Å². The van der Waals surface area contributed by atoms with E-state index in [1.165, 1.54) is 17.4 Å². The highest BCUT2D eigenvalue weighted by atomic mass is 79.9. The van der Waals surface area contributed by atoms with E-state index in [4.69, 9.17) is 5.73 Å². The quantitative estimate of drug-likeness (QED) is 0.407. The van der Waals surface area contributed by atoms with E-state index >= 15 is 0 Å². The highest BCUT2D eigenvalue weighted by Crippen LogP contribution is 2.39. The average molecular weight is 459 g/mol. The van der Waals surface area contributed by atoms with Crippen molar-refractivity contribution in [2.75, 3.05) is 6.54 Å². The molecule has 0 saturated carbocycles. The van der Waals surface area contributed by atoms with E-state index < -0.39 is 11.9 Å². The molecular weight excluding hydrogens is 443 g/mol. The largest absolute Gasteiger partial charge is 0.345 e. The van der Waals surface area contributed by atoms with Gasteiger partial charge in [0.25, 0.3) is 5.91 Å². The molecule has 0 spiro atoms. The number of nitrogens with zero attached hydrogens (tertiary/aromatic N) is 1. The summed E-state index contributed by atoms with van der Waals surface area (Å²) in [5, 5.41) is 3.80. The lowest BCUT2D eigenvalue weighted by Crippen LogP contribution is -2.33. The van der Waals surface area contributed by atoms with Gasteiger partial charge in [-0.2, -0.15) is 0 Å².